The predicted octanol–water partition coefficient (Wildman–Crippen LogP) is 1.83. The fourth-order valence-corrected chi connectivity index (χ4v) is 1.69. The van der Waals surface area contributed by atoms with Crippen molar-refractivity contribution in [1.29, 1.82) is 0 Å². The lowest BCUT2D eigenvalue weighted by Crippen LogP contribution is -2.41. The number of ether oxygens (including phenoxy) is 4. The molecule has 0 aromatic rings. The second-order valence-electron chi connectivity index (χ2n) is 3.61. The van der Waals surface area contributed by atoms with E-state index in [2.05, 4.69) is 0 Å². The second-order valence-corrected chi connectivity index (χ2v) is 3.61. The van der Waals surface area contributed by atoms with Gasteiger partial charge in [0.15, 0.2) is 0 Å². The van der Waals surface area contributed by atoms with Gasteiger partial charge in [-0.3, -0.25) is 0 Å². The Kier molecular flexibility index (Phi) is 4.96. The molecule has 1 unspecified atom stereocenters. The van der Waals surface area contributed by atoms with Crippen LogP contribution in [0.1, 0.15) is 27.7 Å². The molecule has 0 saturated heterocycles. The zero-order valence-corrected chi connectivity index (χ0v) is 10.8. The smallest absolute Gasteiger partial charge is 0.373 e. The highest BCUT2D eigenvalue weighted by Gasteiger charge is 2.47. The number of hydrogen-bond acceptors (Lipinski definition) is 5. The highest BCUT2D eigenvalue weighted by atomic mass is 16.9. The SMILES string of the molecule is CCOC(=O)C1=CC(C)C(OCC)(OCC)O1. The Balaban J connectivity index is 2.77. The van der Waals surface area contributed by atoms with Crippen LogP contribution in [0.4, 0.5) is 0 Å². The van der Waals surface area contributed by atoms with E-state index in [1.165, 1.54) is 0 Å². The molecule has 0 fully saturated rings. The summed E-state index contributed by atoms with van der Waals surface area (Å²) in [5.41, 5.74) is 0. The maximum absolute atomic E-state index is 11.6. The summed E-state index contributed by atoms with van der Waals surface area (Å²) >= 11 is 0. The minimum absolute atomic E-state index is 0.154. The van der Waals surface area contributed by atoms with Gasteiger partial charge in [0.25, 0.3) is 0 Å². The van der Waals surface area contributed by atoms with Crippen LogP contribution in [0, 0.1) is 5.92 Å². The molecule has 0 aromatic heterocycles. The van der Waals surface area contributed by atoms with Crippen molar-refractivity contribution in [3.05, 3.63) is 11.8 Å². The molecule has 0 saturated carbocycles. The van der Waals surface area contributed by atoms with E-state index in [0.717, 1.165) is 0 Å². The molecule has 17 heavy (non-hydrogen) atoms. The Morgan fingerprint density at radius 1 is 1.29 bits per heavy atom. The standard InChI is InChI=1S/C12H20O5/c1-5-14-11(13)10-8-9(4)12(17-10,15-6-2)16-7-3/h8-9H,5-7H2,1-4H3. The first-order valence-electron chi connectivity index (χ1n) is 5.95. The first-order chi connectivity index (χ1) is 8.09. The minimum Gasteiger partial charge on any atom is -0.460 e. The Morgan fingerprint density at radius 2 is 1.88 bits per heavy atom. The highest BCUT2D eigenvalue weighted by Crippen LogP contribution is 2.36. The summed E-state index contributed by atoms with van der Waals surface area (Å²) < 4.78 is 21.4. The molecular formula is C12H20O5. The number of carbonyl (C=O) groups is 1. The quantitative estimate of drug-likeness (QED) is 0.527. The van der Waals surface area contributed by atoms with Crippen molar-refractivity contribution in [1.82, 2.24) is 0 Å². The van der Waals surface area contributed by atoms with Gasteiger partial charge in [-0.2, -0.15) is 0 Å². The average molecular weight is 244 g/mol. The number of rotatable bonds is 6. The molecule has 1 heterocycles. The number of carbonyl (C=O) groups excluding carboxylic acids is 1. The largest absolute Gasteiger partial charge is 0.460 e. The normalized spacial score (nSPS) is 21.9. The minimum atomic E-state index is -1.19. The molecule has 98 valence electrons. The summed E-state index contributed by atoms with van der Waals surface area (Å²) in [7, 11) is 0. The van der Waals surface area contributed by atoms with Gasteiger partial charge in [0.1, 0.15) is 0 Å². The monoisotopic (exact) mass is 244 g/mol. The van der Waals surface area contributed by atoms with E-state index in [1.807, 2.05) is 20.8 Å². The number of hydrogen-bond donors (Lipinski definition) is 0. The van der Waals surface area contributed by atoms with Crippen LogP contribution in [0.2, 0.25) is 0 Å². The molecule has 0 N–H and O–H groups in total. The van der Waals surface area contributed by atoms with Crippen LogP contribution in [0.25, 0.3) is 0 Å². The molecule has 1 aliphatic heterocycles. The van der Waals surface area contributed by atoms with Crippen molar-refractivity contribution < 1.29 is 23.7 Å². The maximum atomic E-state index is 11.6. The first-order valence-corrected chi connectivity index (χ1v) is 5.95. The van der Waals surface area contributed by atoms with E-state index in [9.17, 15) is 4.79 Å². The van der Waals surface area contributed by atoms with Crippen molar-refractivity contribution in [3.63, 3.8) is 0 Å². The fraction of sp³-hybridized carbons (Fsp3) is 0.750. The van der Waals surface area contributed by atoms with Crippen molar-refractivity contribution in [2.24, 2.45) is 5.92 Å². The van der Waals surface area contributed by atoms with E-state index in [4.69, 9.17) is 18.9 Å². The molecule has 1 rings (SSSR count). The summed E-state index contributed by atoms with van der Waals surface area (Å²) in [5, 5.41) is 0. The third-order valence-corrected chi connectivity index (χ3v) is 2.38. The Labute approximate surface area is 102 Å². The Morgan fingerprint density at radius 3 is 2.35 bits per heavy atom. The van der Waals surface area contributed by atoms with Crippen LogP contribution < -0.4 is 0 Å². The summed E-state index contributed by atoms with van der Waals surface area (Å²) in [6.07, 6.45) is 1.67. The zero-order valence-electron chi connectivity index (χ0n) is 10.8. The zero-order chi connectivity index (χ0) is 12.9. The first kappa shape index (κ1) is 14.0. The lowest BCUT2D eigenvalue weighted by atomic mass is 10.1. The van der Waals surface area contributed by atoms with E-state index < -0.39 is 11.9 Å². The summed E-state index contributed by atoms with van der Waals surface area (Å²) in [6, 6.07) is 0. The van der Waals surface area contributed by atoms with Crippen molar-refractivity contribution >= 4 is 5.97 Å². The lowest BCUT2D eigenvalue weighted by molar-refractivity contribution is -0.369. The van der Waals surface area contributed by atoms with Crippen LogP contribution in [-0.2, 0) is 23.7 Å². The van der Waals surface area contributed by atoms with E-state index in [0.29, 0.717) is 19.8 Å². The summed E-state index contributed by atoms with van der Waals surface area (Å²) in [4.78, 5) is 11.6. The van der Waals surface area contributed by atoms with Gasteiger partial charge in [0, 0.05) is 0 Å². The molecule has 5 heteroatoms. The van der Waals surface area contributed by atoms with Crippen molar-refractivity contribution in [2.45, 2.75) is 33.7 Å². The van der Waals surface area contributed by atoms with Gasteiger partial charge in [0.05, 0.1) is 25.7 Å². The van der Waals surface area contributed by atoms with Gasteiger partial charge < -0.3 is 18.9 Å². The van der Waals surface area contributed by atoms with Gasteiger partial charge in [-0.1, -0.05) is 0 Å². The molecule has 0 aliphatic carbocycles. The van der Waals surface area contributed by atoms with Gasteiger partial charge in [-0.05, 0) is 33.8 Å². The third kappa shape index (κ3) is 2.98. The van der Waals surface area contributed by atoms with E-state index >= 15 is 0 Å². The number of esters is 1. The second kappa shape index (κ2) is 6.02. The summed E-state index contributed by atoms with van der Waals surface area (Å²) in [6.45, 7) is 8.50. The lowest BCUT2D eigenvalue weighted by Gasteiger charge is -2.31. The topological polar surface area (TPSA) is 54.0 Å². The third-order valence-electron chi connectivity index (χ3n) is 2.38. The molecule has 5 nitrogen and oxygen atoms in total. The highest BCUT2D eigenvalue weighted by molar-refractivity contribution is 5.86. The van der Waals surface area contributed by atoms with E-state index in [1.54, 1.807) is 13.0 Å². The van der Waals surface area contributed by atoms with Crippen LogP contribution >= 0.6 is 0 Å². The molecule has 0 spiro atoms. The maximum Gasteiger partial charge on any atom is 0.373 e. The van der Waals surface area contributed by atoms with Gasteiger partial charge in [-0.25, -0.2) is 4.79 Å². The molecule has 0 amide bonds. The van der Waals surface area contributed by atoms with Gasteiger partial charge in [-0.15, -0.1) is 0 Å². The Bertz CT molecular complexity index is 291. The molecule has 1 aliphatic rings. The van der Waals surface area contributed by atoms with Crippen LogP contribution in [0.3, 0.4) is 0 Å². The molecule has 0 aromatic carbocycles. The van der Waals surface area contributed by atoms with Crippen LogP contribution in [0.15, 0.2) is 11.8 Å². The van der Waals surface area contributed by atoms with Crippen LogP contribution in [0.5, 0.6) is 0 Å². The van der Waals surface area contributed by atoms with Gasteiger partial charge in [0.2, 0.25) is 5.76 Å². The van der Waals surface area contributed by atoms with Gasteiger partial charge >= 0.3 is 11.9 Å². The van der Waals surface area contributed by atoms with E-state index in [-0.39, 0.29) is 11.7 Å². The molecule has 1 atom stereocenters. The van der Waals surface area contributed by atoms with Crippen LogP contribution in [-0.4, -0.2) is 31.8 Å². The molecule has 0 radical (unpaired) electrons. The van der Waals surface area contributed by atoms with Crippen molar-refractivity contribution in [2.75, 3.05) is 19.8 Å². The van der Waals surface area contributed by atoms with Crippen molar-refractivity contribution in [3.8, 4) is 0 Å². The Hall–Kier alpha value is -1.07. The predicted molar refractivity (Wildman–Crippen MR) is 60.9 cm³/mol. The average Bonchev–Trinajstić information content (AvgIpc) is 2.58. The molecule has 0 bridgehead atoms. The summed E-state index contributed by atoms with van der Waals surface area (Å²) in [5.74, 6) is -1.69. The molecular weight excluding hydrogens is 224 g/mol. The fourth-order valence-electron chi connectivity index (χ4n) is 1.69.